The van der Waals surface area contributed by atoms with E-state index >= 15 is 0 Å². The van der Waals surface area contributed by atoms with Crippen LogP contribution in [0.25, 0.3) is 0 Å². The molecule has 0 rings (SSSR count). The van der Waals surface area contributed by atoms with Gasteiger partial charge < -0.3 is 0 Å². The second kappa shape index (κ2) is 17.0. The molecular weight excluding hydrogens is 205 g/mol. The van der Waals surface area contributed by atoms with E-state index in [0.29, 0.717) is 0 Å². The van der Waals surface area contributed by atoms with Gasteiger partial charge in [0.15, 0.2) is 0 Å². The summed E-state index contributed by atoms with van der Waals surface area (Å²) in [5.74, 6) is 0. The first-order valence-electron chi connectivity index (χ1n) is 0.707. The van der Waals surface area contributed by atoms with Gasteiger partial charge in [-0.15, -0.1) is 0 Å². The standard InChI is InChI=1S/BH2.Cr.Fe.Ni.H3Si/h1H2;;;;1H3/q+1;;-1;;. The Bertz CT molecular complexity index is 11.6. The Morgan fingerprint density at radius 1 is 1.60 bits per heavy atom. The van der Waals surface area contributed by atoms with E-state index in [9.17, 15) is 0 Å². The quantitative estimate of drug-likeness (QED) is 0.402. The van der Waals surface area contributed by atoms with Crippen LogP contribution < -0.4 is 0 Å². The van der Waals surface area contributed by atoms with Gasteiger partial charge in [0.05, 0.1) is 0 Å². The second-order valence-electron chi connectivity index (χ2n) is 0.354. The van der Waals surface area contributed by atoms with Crippen LogP contribution in [-0.2, 0) is 48.0 Å². The third-order valence-electron chi connectivity index (χ3n) is 0. The normalized spacial score (nSPS) is 4.80. The molecule has 0 spiro atoms. The zero-order valence-corrected chi connectivity index (χ0v) is 8.44. The SMILES string of the molecule is [BH2][Fe][SiH3].[Cr].[Ni]. The molecule has 0 nitrogen and oxygen atoms in total. The molecule has 0 aromatic carbocycles. The number of hydrogen-bond acceptors (Lipinski definition) is 0. The van der Waals surface area contributed by atoms with Gasteiger partial charge in [-0.3, -0.25) is 0 Å². The van der Waals surface area contributed by atoms with E-state index in [1.54, 1.807) is 0 Å². The first kappa shape index (κ1) is 15.8. The molecule has 0 aliphatic heterocycles. The Morgan fingerprint density at radius 2 is 1.60 bits per heavy atom. The van der Waals surface area contributed by atoms with Crippen LogP contribution in [0.5, 0.6) is 0 Å². The monoisotopic (exact) mass is 210 g/mol. The molecule has 0 saturated heterocycles. The fraction of sp³-hybridized carbons (Fsp3) is 0. The summed E-state index contributed by atoms with van der Waals surface area (Å²) in [4.78, 5) is 0. The van der Waals surface area contributed by atoms with Crippen molar-refractivity contribution in [2.45, 2.75) is 0 Å². The summed E-state index contributed by atoms with van der Waals surface area (Å²) >= 11 is 1.39. The van der Waals surface area contributed by atoms with Gasteiger partial charge in [-0.2, -0.15) is 0 Å². The zero-order valence-electron chi connectivity index (χ0n) is 3.08. The van der Waals surface area contributed by atoms with Gasteiger partial charge in [-0.1, -0.05) is 0 Å². The molecular formula is H5BCrFeNiSi. The second-order valence-corrected chi connectivity index (χ2v) is 4.37. The van der Waals surface area contributed by atoms with Crippen LogP contribution >= 0.6 is 0 Å². The molecule has 0 aromatic heterocycles. The molecule has 0 bridgehead atoms. The van der Waals surface area contributed by atoms with Crippen molar-refractivity contribution >= 4 is 15.5 Å². The summed E-state index contributed by atoms with van der Waals surface area (Å²) in [5.41, 5.74) is 0. The molecule has 36 valence electrons. The molecule has 5 heteroatoms. The van der Waals surface area contributed by atoms with Gasteiger partial charge >= 0.3 is 29.7 Å². The maximum absolute atomic E-state index is 2.19. The van der Waals surface area contributed by atoms with Crippen molar-refractivity contribution in [1.29, 1.82) is 0 Å². The molecule has 0 radical (unpaired) electrons. The molecule has 0 N–H and O–H groups in total. The third-order valence-corrected chi connectivity index (χ3v) is 0. The molecule has 5 heavy (non-hydrogen) atoms. The average molecular weight is 210 g/mol. The molecule has 0 atom stereocenters. The summed E-state index contributed by atoms with van der Waals surface area (Å²) in [6.07, 6.45) is 0. The van der Waals surface area contributed by atoms with Crippen LogP contribution in [0.4, 0.5) is 0 Å². The average Bonchev–Trinajstić information content (AvgIpc) is 0.918. The Balaban J connectivity index is -0.0000000200. The Morgan fingerprint density at radius 3 is 1.60 bits per heavy atom. The van der Waals surface area contributed by atoms with Crippen molar-refractivity contribution in [2.24, 2.45) is 0 Å². The predicted octanol–water partition coefficient (Wildman–Crippen LogP) is -2.11. The minimum Gasteiger partial charge on any atom is 0 e. The van der Waals surface area contributed by atoms with Crippen molar-refractivity contribution in [3.63, 3.8) is 0 Å². The first-order valence-corrected chi connectivity index (χ1v) is 5.83. The van der Waals surface area contributed by atoms with Gasteiger partial charge in [-0.25, -0.2) is 0 Å². The maximum Gasteiger partial charge on any atom is 0 e. The largest absolute Gasteiger partial charge is 0 e. The summed E-state index contributed by atoms with van der Waals surface area (Å²) in [6.45, 7) is 2.19. The van der Waals surface area contributed by atoms with E-state index in [-0.39, 0.29) is 33.9 Å². The molecule has 0 amide bonds. The minimum atomic E-state index is 0. The van der Waals surface area contributed by atoms with Crippen molar-refractivity contribution in [3.05, 3.63) is 0 Å². The molecule has 0 aliphatic rings. The number of hydrogen-bond donors (Lipinski definition) is 0. The summed E-state index contributed by atoms with van der Waals surface area (Å²) < 4.78 is 0. The van der Waals surface area contributed by atoms with Gasteiger partial charge in [0, 0.05) is 33.9 Å². The van der Waals surface area contributed by atoms with Gasteiger partial charge in [0.1, 0.15) is 0 Å². The molecule has 0 aromatic rings. The minimum absolute atomic E-state index is 0. The Hall–Kier alpha value is 1.83. The molecule has 0 saturated carbocycles. The van der Waals surface area contributed by atoms with Crippen LogP contribution in [0.2, 0.25) is 0 Å². The van der Waals surface area contributed by atoms with Crippen molar-refractivity contribution in [3.8, 4) is 0 Å². The van der Waals surface area contributed by atoms with E-state index in [0.717, 1.165) is 0 Å². The fourth-order valence-corrected chi connectivity index (χ4v) is 0. The fourth-order valence-electron chi connectivity index (χ4n) is 0. The van der Waals surface area contributed by atoms with Crippen molar-refractivity contribution < 1.29 is 48.0 Å². The van der Waals surface area contributed by atoms with Crippen molar-refractivity contribution in [1.82, 2.24) is 0 Å². The van der Waals surface area contributed by atoms with E-state index in [1.807, 2.05) is 0 Å². The third kappa shape index (κ3) is 25.6. The van der Waals surface area contributed by atoms with Crippen LogP contribution in [0.3, 0.4) is 0 Å². The summed E-state index contributed by atoms with van der Waals surface area (Å²) in [7, 11) is 1.37. The van der Waals surface area contributed by atoms with E-state index in [2.05, 4.69) is 6.66 Å². The predicted molar refractivity (Wildman–Crippen MR) is 18.5 cm³/mol. The Labute approximate surface area is 63.2 Å². The van der Waals surface area contributed by atoms with E-state index < -0.39 is 0 Å². The van der Waals surface area contributed by atoms with Crippen molar-refractivity contribution in [2.75, 3.05) is 0 Å². The Kier molecular flexibility index (Phi) is 53.8. The maximum atomic E-state index is 2.19. The van der Waals surface area contributed by atoms with E-state index in [1.165, 1.54) is 23.0 Å². The summed E-state index contributed by atoms with van der Waals surface area (Å²) in [5, 5.41) is 0. The topological polar surface area (TPSA) is 0 Å². The molecule has 0 aliphatic carbocycles. The zero-order chi connectivity index (χ0) is 2.71. The number of rotatable bonds is 0. The van der Waals surface area contributed by atoms with Gasteiger partial charge in [0.2, 0.25) is 0 Å². The smallest absolute Gasteiger partial charge is 0 e. The molecule has 0 fully saturated rings. The van der Waals surface area contributed by atoms with Crippen LogP contribution in [0, 0.1) is 0 Å². The molecule has 0 heterocycles. The summed E-state index contributed by atoms with van der Waals surface area (Å²) in [6, 6.07) is 0. The molecule has 0 unspecified atom stereocenters. The van der Waals surface area contributed by atoms with Gasteiger partial charge in [0.25, 0.3) is 0 Å². The van der Waals surface area contributed by atoms with Gasteiger partial charge in [-0.05, 0) is 0 Å². The van der Waals surface area contributed by atoms with Crippen LogP contribution in [0.15, 0.2) is 0 Å². The van der Waals surface area contributed by atoms with Crippen LogP contribution in [-0.4, -0.2) is 15.5 Å². The van der Waals surface area contributed by atoms with Crippen LogP contribution in [0.1, 0.15) is 0 Å². The van der Waals surface area contributed by atoms with E-state index in [4.69, 9.17) is 0 Å². The first-order chi connectivity index (χ1) is 1.41.